The predicted molar refractivity (Wildman–Crippen MR) is 59.8 cm³/mol. The number of hydrogen-bond donors (Lipinski definition) is 1. The fraction of sp³-hybridized carbons (Fsp3) is 0.417. The van der Waals surface area contributed by atoms with Gasteiger partial charge < -0.3 is 10.6 Å². The minimum absolute atomic E-state index is 0.109. The predicted octanol–water partition coefficient (Wildman–Crippen LogP) is 1.09. The molecule has 2 N–H and O–H groups in total. The summed E-state index contributed by atoms with van der Waals surface area (Å²) in [5, 5.41) is 0. The van der Waals surface area contributed by atoms with Crippen LogP contribution in [0, 0.1) is 13.8 Å². The van der Waals surface area contributed by atoms with Crippen molar-refractivity contribution < 1.29 is 4.79 Å². The van der Waals surface area contributed by atoms with Crippen LogP contribution in [0.1, 0.15) is 21.5 Å². The van der Waals surface area contributed by atoms with Gasteiger partial charge in [-0.05, 0) is 31.0 Å². The molecule has 3 nitrogen and oxygen atoms in total. The highest BCUT2D eigenvalue weighted by molar-refractivity contribution is 5.96. The number of carbonyl (C=O) groups is 1. The van der Waals surface area contributed by atoms with Gasteiger partial charge >= 0.3 is 0 Å². The first-order valence-electron chi connectivity index (χ1n) is 5.20. The van der Waals surface area contributed by atoms with Gasteiger partial charge in [0.2, 0.25) is 0 Å². The number of nitrogens with two attached hydrogens (primary N) is 1. The van der Waals surface area contributed by atoms with Crippen molar-refractivity contribution in [2.45, 2.75) is 19.9 Å². The van der Waals surface area contributed by atoms with Crippen LogP contribution in [0.4, 0.5) is 0 Å². The van der Waals surface area contributed by atoms with E-state index >= 15 is 0 Å². The maximum absolute atomic E-state index is 12.0. The molecule has 0 bridgehead atoms. The fourth-order valence-corrected chi connectivity index (χ4v) is 1.83. The number of amides is 1. The van der Waals surface area contributed by atoms with Crippen LogP contribution in [0.5, 0.6) is 0 Å². The third-order valence-corrected chi connectivity index (χ3v) is 3.03. The quantitative estimate of drug-likeness (QED) is 0.744. The van der Waals surface area contributed by atoms with E-state index in [9.17, 15) is 4.79 Å². The Labute approximate surface area is 89.9 Å². The Morgan fingerprint density at radius 1 is 1.40 bits per heavy atom. The summed E-state index contributed by atoms with van der Waals surface area (Å²) in [6.45, 7) is 5.38. The molecule has 2 rings (SSSR count). The van der Waals surface area contributed by atoms with Crippen LogP contribution in [0.15, 0.2) is 18.2 Å². The second kappa shape index (κ2) is 3.66. The van der Waals surface area contributed by atoms with Crippen molar-refractivity contribution in [3.8, 4) is 0 Å². The molecule has 1 saturated heterocycles. The second-order valence-corrected chi connectivity index (χ2v) is 4.22. The van der Waals surface area contributed by atoms with Crippen molar-refractivity contribution in [2.75, 3.05) is 13.1 Å². The molecule has 1 amide bonds. The van der Waals surface area contributed by atoms with Gasteiger partial charge in [-0.15, -0.1) is 0 Å². The van der Waals surface area contributed by atoms with Crippen LogP contribution < -0.4 is 5.73 Å². The summed E-state index contributed by atoms with van der Waals surface area (Å²) in [6.07, 6.45) is 0. The fourth-order valence-electron chi connectivity index (χ4n) is 1.83. The number of hydrogen-bond acceptors (Lipinski definition) is 2. The summed E-state index contributed by atoms with van der Waals surface area (Å²) in [7, 11) is 0. The zero-order valence-corrected chi connectivity index (χ0v) is 9.16. The molecule has 0 radical (unpaired) electrons. The molecule has 1 heterocycles. The summed E-state index contributed by atoms with van der Waals surface area (Å²) in [5.41, 5.74) is 8.70. The Bertz CT molecular complexity index is 395. The molecule has 1 fully saturated rings. The van der Waals surface area contributed by atoms with Crippen LogP contribution in [-0.2, 0) is 0 Å². The van der Waals surface area contributed by atoms with E-state index < -0.39 is 0 Å². The van der Waals surface area contributed by atoms with Crippen molar-refractivity contribution in [3.05, 3.63) is 34.9 Å². The standard InChI is InChI=1S/C12H16N2O/c1-8-4-3-5-11(9(8)2)12(15)14-6-10(13)7-14/h3-5,10H,6-7,13H2,1-2H3. The Morgan fingerprint density at radius 3 is 2.67 bits per heavy atom. The maximum atomic E-state index is 12.0. The van der Waals surface area contributed by atoms with Crippen LogP contribution in [0.2, 0.25) is 0 Å². The van der Waals surface area contributed by atoms with Gasteiger partial charge in [-0.2, -0.15) is 0 Å². The third-order valence-electron chi connectivity index (χ3n) is 3.03. The number of aryl methyl sites for hydroxylation is 1. The first-order chi connectivity index (χ1) is 7.09. The second-order valence-electron chi connectivity index (χ2n) is 4.22. The first kappa shape index (κ1) is 10.2. The lowest BCUT2D eigenvalue weighted by atomic mass is 10.0. The molecular weight excluding hydrogens is 188 g/mol. The Balaban J connectivity index is 2.22. The zero-order chi connectivity index (χ0) is 11.0. The Kier molecular flexibility index (Phi) is 2.49. The van der Waals surface area contributed by atoms with E-state index in [1.54, 1.807) is 4.90 Å². The van der Waals surface area contributed by atoms with Gasteiger partial charge in [-0.3, -0.25) is 4.79 Å². The molecule has 0 unspecified atom stereocenters. The van der Waals surface area contributed by atoms with E-state index in [0.717, 1.165) is 16.7 Å². The van der Waals surface area contributed by atoms with E-state index in [-0.39, 0.29) is 11.9 Å². The van der Waals surface area contributed by atoms with E-state index in [4.69, 9.17) is 5.73 Å². The third kappa shape index (κ3) is 1.75. The molecule has 80 valence electrons. The van der Waals surface area contributed by atoms with E-state index in [2.05, 4.69) is 0 Å². The van der Waals surface area contributed by atoms with Crippen molar-refractivity contribution >= 4 is 5.91 Å². The minimum atomic E-state index is 0.109. The van der Waals surface area contributed by atoms with Gasteiger partial charge in [0.1, 0.15) is 0 Å². The highest BCUT2D eigenvalue weighted by atomic mass is 16.2. The van der Waals surface area contributed by atoms with E-state index in [1.807, 2.05) is 32.0 Å². The van der Waals surface area contributed by atoms with Gasteiger partial charge in [-0.1, -0.05) is 12.1 Å². The molecule has 15 heavy (non-hydrogen) atoms. The average molecular weight is 204 g/mol. The number of carbonyl (C=O) groups excluding carboxylic acids is 1. The van der Waals surface area contributed by atoms with Crippen LogP contribution in [0.3, 0.4) is 0 Å². The monoisotopic (exact) mass is 204 g/mol. The van der Waals surface area contributed by atoms with Crippen molar-refractivity contribution in [1.29, 1.82) is 0 Å². The SMILES string of the molecule is Cc1cccc(C(=O)N2CC(N)C2)c1C. The van der Waals surface area contributed by atoms with Crippen LogP contribution >= 0.6 is 0 Å². The Morgan fingerprint density at radius 2 is 2.07 bits per heavy atom. The van der Waals surface area contributed by atoms with Crippen molar-refractivity contribution in [2.24, 2.45) is 5.73 Å². The maximum Gasteiger partial charge on any atom is 0.254 e. The van der Waals surface area contributed by atoms with Crippen molar-refractivity contribution in [1.82, 2.24) is 4.90 Å². The summed E-state index contributed by atoms with van der Waals surface area (Å²) in [6, 6.07) is 6.00. The van der Waals surface area contributed by atoms with Gasteiger partial charge in [0.05, 0.1) is 0 Å². The highest BCUT2D eigenvalue weighted by Gasteiger charge is 2.28. The molecule has 3 heteroatoms. The van der Waals surface area contributed by atoms with E-state index in [1.165, 1.54) is 0 Å². The number of benzene rings is 1. The first-order valence-corrected chi connectivity index (χ1v) is 5.20. The van der Waals surface area contributed by atoms with Crippen LogP contribution in [-0.4, -0.2) is 29.9 Å². The van der Waals surface area contributed by atoms with Gasteiger partial charge in [0.15, 0.2) is 0 Å². The smallest absolute Gasteiger partial charge is 0.254 e. The summed E-state index contributed by atoms with van der Waals surface area (Å²) < 4.78 is 0. The number of nitrogens with zero attached hydrogens (tertiary/aromatic N) is 1. The van der Waals surface area contributed by atoms with E-state index in [0.29, 0.717) is 13.1 Å². The molecule has 0 atom stereocenters. The molecule has 1 aliphatic rings. The molecule has 1 aromatic carbocycles. The van der Waals surface area contributed by atoms with Gasteiger partial charge in [0.25, 0.3) is 5.91 Å². The van der Waals surface area contributed by atoms with Gasteiger partial charge in [-0.25, -0.2) is 0 Å². The molecule has 0 aromatic heterocycles. The van der Waals surface area contributed by atoms with Gasteiger partial charge in [0, 0.05) is 24.7 Å². The molecule has 0 aliphatic carbocycles. The van der Waals surface area contributed by atoms with Crippen LogP contribution in [0.25, 0.3) is 0 Å². The lowest BCUT2D eigenvalue weighted by Gasteiger charge is -2.37. The normalized spacial score (nSPS) is 16.3. The zero-order valence-electron chi connectivity index (χ0n) is 9.16. The summed E-state index contributed by atoms with van der Waals surface area (Å²) in [5.74, 6) is 0.109. The molecule has 1 aliphatic heterocycles. The summed E-state index contributed by atoms with van der Waals surface area (Å²) >= 11 is 0. The minimum Gasteiger partial charge on any atom is -0.335 e. The molecule has 1 aromatic rings. The Hall–Kier alpha value is -1.35. The average Bonchev–Trinajstić information content (AvgIpc) is 2.16. The number of rotatable bonds is 1. The summed E-state index contributed by atoms with van der Waals surface area (Å²) in [4.78, 5) is 13.8. The number of likely N-dealkylation sites (tertiary alicyclic amines) is 1. The highest BCUT2D eigenvalue weighted by Crippen LogP contribution is 2.17. The van der Waals surface area contributed by atoms with Crippen molar-refractivity contribution in [3.63, 3.8) is 0 Å². The topological polar surface area (TPSA) is 46.3 Å². The molecule has 0 spiro atoms. The molecule has 0 saturated carbocycles. The lowest BCUT2D eigenvalue weighted by molar-refractivity contribution is 0.0607. The molecular formula is C12H16N2O. The lowest BCUT2D eigenvalue weighted by Crippen LogP contribution is -2.57. The largest absolute Gasteiger partial charge is 0.335 e.